The molecule has 2 bridgehead atoms. The number of carbonyl (C=O) groups excluding carboxylic acids is 3. The highest BCUT2D eigenvalue weighted by atomic mass is 35.5. The van der Waals surface area contributed by atoms with Gasteiger partial charge in [0.1, 0.15) is 17.6 Å². The van der Waals surface area contributed by atoms with Crippen molar-refractivity contribution in [2.75, 3.05) is 20.3 Å². The largest absolute Gasteiger partial charge is 0.383 e. The fourth-order valence-electron chi connectivity index (χ4n) is 8.67. The molecule has 2 heterocycles. The molecule has 2 aromatic carbocycles. The highest BCUT2D eigenvalue weighted by Gasteiger charge is 2.60. The van der Waals surface area contributed by atoms with Crippen LogP contribution in [-0.2, 0) is 26.8 Å². The number of ether oxygens (including phenoxy) is 1. The number of likely N-dealkylation sites (N-methyl/N-ethyl adjacent to an activating group) is 1. The summed E-state index contributed by atoms with van der Waals surface area (Å²) in [6, 6.07) is 13.8. The molecule has 272 valence electrons. The highest BCUT2D eigenvalue weighted by Crippen LogP contribution is 2.63. The second kappa shape index (κ2) is 14.4. The minimum atomic E-state index is -1.12. The number of nitrogens with one attached hydrogen (secondary N) is 4. The van der Waals surface area contributed by atoms with E-state index in [1.807, 2.05) is 56.3 Å². The fourth-order valence-corrected chi connectivity index (χ4v) is 8.93. The Morgan fingerprint density at radius 1 is 1.12 bits per heavy atom. The number of H-pyrrole nitrogens is 1. The van der Waals surface area contributed by atoms with Gasteiger partial charge in [-0.15, -0.1) is 0 Å². The summed E-state index contributed by atoms with van der Waals surface area (Å²) in [6.07, 6.45) is 4.40. The average molecular weight is 716 g/mol. The molecule has 51 heavy (non-hydrogen) atoms. The number of aromatic nitrogens is 4. The third kappa shape index (κ3) is 6.78. The van der Waals surface area contributed by atoms with Gasteiger partial charge in [-0.25, -0.2) is 4.98 Å². The summed E-state index contributed by atoms with van der Waals surface area (Å²) in [5, 5.41) is 14.2. The maximum absolute atomic E-state index is 14.4. The van der Waals surface area contributed by atoms with E-state index in [4.69, 9.17) is 21.3 Å². The van der Waals surface area contributed by atoms with Crippen molar-refractivity contribution in [1.82, 2.24) is 35.7 Å². The van der Waals surface area contributed by atoms with Crippen molar-refractivity contribution < 1.29 is 19.1 Å². The maximum Gasteiger partial charge on any atom is 0.270 e. The predicted molar refractivity (Wildman–Crippen MR) is 197 cm³/mol. The number of hydrogen-bond donors (Lipinski definition) is 4. The molecule has 7 rings (SSSR count). The van der Waals surface area contributed by atoms with Gasteiger partial charge >= 0.3 is 0 Å². The summed E-state index contributed by atoms with van der Waals surface area (Å²) in [5.74, 6) is 0.813. The molecule has 0 saturated heterocycles. The molecule has 2 unspecified atom stereocenters. The molecule has 12 heteroatoms. The van der Waals surface area contributed by atoms with Crippen molar-refractivity contribution in [3.63, 3.8) is 0 Å². The van der Waals surface area contributed by atoms with Gasteiger partial charge in [0, 0.05) is 43.3 Å². The van der Waals surface area contributed by atoms with Crippen molar-refractivity contribution in [1.29, 1.82) is 0 Å². The first-order valence-electron chi connectivity index (χ1n) is 17.9. The molecule has 0 aliphatic heterocycles. The number of hydrogen-bond acceptors (Lipinski definition) is 6. The molecule has 3 aliphatic carbocycles. The molecular formula is C39H50ClN7O4. The lowest BCUT2D eigenvalue weighted by Crippen LogP contribution is -2.61. The molecule has 0 spiro atoms. The summed E-state index contributed by atoms with van der Waals surface area (Å²) in [7, 11) is 3.30. The van der Waals surface area contributed by atoms with Crippen LogP contribution in [0.15, 0.2) is 54.7 Å². The SMILES string of the molecule is CCNC(=O)[C@H](NC(=O)C(C)(COC)c1ccc2[nH]c([C@@H](NC(=O)c3ccnn3C)[C@H](c3ccccc3Cl)C(C)C)nc2c1)C12CC(C)C(C1)C2. The average Bonchev–Trinajstić information content (AvgIpc) is 3.85. The van der Waals surface area contributed by atoms with Gasteiger partial charge in [-0.1, -0.05) is 56.6 Å². The molecule has 5 atom stereocenters. The van der Waals surface area contributed by atoms with Crippen molar-refractivity contribution in [2.45, 2.75) is 77.3 Å². The van der Waals surface area contributed by atoms with E-state index < -0.39 is 17.5 Å². The van der Waals surface area contributed by atoms with E-state index in [9.17, 15) is 14.4 Å². The van der Waals surface area contributed by atoms with E-state index in [1.54, 1.807) is 26.4 Å². The number of aromatic amines is 1. The van der Waals surface area contributed by atoms with Crippen molar-refractivity contribution in [3.05, 3.63) is 82.4 Å². The van der Waals surface area contributed by atoms with Crippen molar-refractivity contribution in [3.8, 4) is 0 Å². The standard InChI is InChI=1S/C39H50ClN7O4/c1-8-41-36(49)33(39-18-23(4)24(19-39)20-39)46-37(50)38(5,21-51-7)25-13-14-28-29(17-25)44-34(43-28)32(45-35(48)30-15-16-42-47(30)6)31(22(2)3)26-11-9-10-12-27(26)40/h9-17,22-24,31-33H,8,18-21H2,1-7H3,(H,41,49)(H,43,44)(H,45,48)(H,46,50)/t23?,24?,31-,32-,33-,38?,39?/m0/s1. The smallest absolute Gasteiger partial charge is 0.270 e. The third-order valence-electron chi connectivity index (χ3n) is 11.4. The lowest BCUT2D eigenvalue weighted by Gasteiger charge is -2.45. The van der Waals surface area contributed by atoms with Gasteiger partial charge in [0.15, 0.2) is 0 Å². The van der Waals surface area contributed by atoms with Crippen molar-refractivity contribution >= 4 is 40.4 Å². The van der Waals surface area contributed by atoms with Crippen molar-refractivity contribution in [2.24, 2.45) is 30.2 Å². The molecule has 2 aromatic heterocycles. The van der Waals surface area contributed by atoms with Crippen LogP contribution in [0.3, 0.4) is 0 Å². The van der Waals surface area contributed by atoms with Crippen LogP contribution in [0.1, 0.15) is 93.3 Å². The number of rotatable bonds is 14. The lowest BCUT2D eigenvalue weighted by molar-refractivity contribution is -0.137. The topological polar surface area (TPSA) is 143 Å². The Kier molecular flexibility index (Phi) is 10.3. The zero-order chi connectivity index (χ0) is 36.7. The minimum absolute atomic E-state index is 0.0605. The summed E-state index contributed by atoms with van der Waals surface area (Å²) in [4.78, 5) is 50.0. The molecule has 11 nitrogen and oxygen atoms in total. The van der Waals surface area contributed by atoms with Gasteiger partial charge in [0.2, 0.25) is 11.8 Å². The first-order valence-corrected chi connectivity index (χ1v) is 18.3. The van der Waals surface area contributed by atoms with E-state index in [-0.39, 0.29) is 41.6 Å². The number of amides is 3. The first kappa shape index (κ1) is 36.6. The van der Waals surface area contributed by atoms with E-state index in [0.29, 0.717) is 46.0 Å². The van der Waals surface area contributed by atoms with Gasteiger partial charge in [-0.05, 0) is 86.3 Å². The fraction of sp³-hybridized carbons (Fsp3) is 0.513. The summed E-state index contributed by atoms with van der Waals surface area (Å²) >= 11 is 6.77. The minimum Gasteiger partial charge on any atom is -0.383 e. The van der Waals surface area contributed by atoms with Gasteiger partial charge in [0.25, 0.3) is 5.91 Å². The Morgan fingerprint density at radius 3 is 2.47 bits per heavy atom. The number of benzene rings is 2. The van der Waals surface area contributed by atoms with Crippen LogP contribution in [0, 0.1) is 23.2 Å². The number of halogens is 1. The molecule has 4 aromatic rings. The summed E-state index contributed by atoms with van der Waals surface area (Å²) < 4.78 is 7.19. The second-order valence-electron chi connectivity index (χ2n) is 15.2. The van der Waals surface area contributed by atoms with Gasteiger partial charge in [-0.2, -0.15) is 5.10 Å². The number of methoxy groups -OCH3 is 1. The number of fused-ring (bicyclic) bond motifs is 2. The van der Waals surface area contributed by atoms with Crippen LogP contribution >= 0.6 is 11.6 Å². The van der Waals surface area contributed by atoms with Crippen LogP contribution in [0.25, 0.3) is 11.0 Å². The molecule has 3 fully saturated rings. The second-order valence-corrected chi connectivity index (χ2v) is 15.6. The Hall–Kier alpha value is -4.22. The molecule has 3 amide bonds. The van der Waals surface area contributed by atoms with Crippen LogP contribution in [0.4, 0.5) is 0 Å². The monoisotopic (exact) mass is 715 g/mol. The van der Waals surface area contributed by atoms with Crippen LogP contribution in [0.2, 0.25) is 5.02 Å². The molecule has 3 saturated carbocycles. The van der Waals surface area contributed by atoms with Crippen LogP contribution < -0.4 is 16.0 Å². The molecule has 3 aliphatic rings. The Morgan fingerprint density at radius 2 is 1.86 bits per heavy atom. The predicted octanol–water partition coefficient (Wildman–Crippen LogP) is 5.82. The first-order chi connectivity index (χ1) is 24.3. The number of aryl methyl sites for hydroxylation is 1. The quantitative estimate of drug-likeness (QED) is 0.130. The van der Waals surface area contributed by atoms with E-state index in [1.165, 1.54) is 4.68 Å². The number of nitrogens with zero attached hydrogens (tertiary/aromatic N) is 3. The molecule has 4 N–H and O–H groups in total. The normalized spacial score (nSPS) is 22.5. The van der Waals surface area contributed by atoms with Gasteiger partial charge in [-0.3, -0.25) is 19.1 Å². The Labute approximate surface area is 304 Å². The van der Waals surface area contributed by atoms with Crippen LogP contribution in [-0.4, -0.2) is 63.8 Å². The van der Waals surface area contributed by atoms with Gasteiger partial charge < -0.3 is 25.7 Å². The third-order valence-corrected chi connectivity index (χ3v) is 11.8. The van der Waals surface area contributed by atoms with E-state index in [2.05, 4.69) is 46.8 Å². The Balaban J connectivity index is 1.36. The summed E-state index contributed by atoms with van der Waals surface area (Å²) in [5.41, 5.74) is 2.04. The number of imidazole rings is 1. The summed E-state index contributed by atoms with van der Waals surface area (Å²) in [6.45, 7) is 10.8. The highest BCUT2D eigenvalue weighted by molar-refractivity contribution is 6.31. The van der Waals surface area contributed by atoms with E-state index >= 15 is 0 Å². The van der Waals surface area contributed by atoms with Crippen LogP contribution in [0.5, 0.6) is 0 Å². The zero-order valence-electron chi connectivity index (χ0n) is 30.5. The van der Waals surface area contributed by atoms with Gasteiger partial charge in [0.05, 0.1) is 29.1 Å². The number of carbonyl (C=O) groups is 3. The maximum atomic E-state index is 14.4. The molecular weight excluding hydrogens is 666 g/mol. The Bertz CT molecular complexity index is 1910. The lowest BCUT2D eigenvalue weighted by atomic mass is 9.64. The van der Waals surface area contributed by atoms with E-state index in [0.717, 1.165) is 30.3 Å². The molecule has 0 radical (unpaired) electrons. The zero-order valence-corrected chi connectivity index (χ0v) is 31.3.